The Morgan fingerprint density at radius 2 is 1.90 bits per heavy atom. The molecule has 1 saturated heterocycles. The number of hydrazone groups is 1. The number of hydrogen-bond donors (Lipinski definition) is 4. The van der Waals surface area contributed by atoms with E-state index in [1.165, 1.54) is 21.9 Å². The molecule has 0 aromatic heterocycles. The smallest absolute Gasteiger partial charge is 0.305 e. The van der Waals surface area contributed by atoms with Gasteiger partial charge in [0.2, 0.25) is 21.8 Å². The first-order valence-electron chi connectivity index (χ1n) is 13.8. The van der Waals surface area contributed by atoms with Crippen LogP contribution in [0.2, 0.25) is 0 Å². The van der Waals surface area contributed by atoms with Crippen LogP contribution in [0.1, 0.15) is 38.5 Å². The van der Waals surface area contributed by atoms with Crippen molar-refractivity contribution in [3.05, 3.63) is 42.5 Å². The first-order chi connectivity index (χ1) is 19.6. The first-order valence-corrected chi connectivity index (χ1v) is 15.3. The minimum Gasteiger partial charge on any atom is -0.481 e. The molecule has 2 aliphatic rings. The summed E-state index contributed by atoms with van der Waals surface area (Å²) >= 11 is 0. The number of nitrogens with two attached hydrogens (primary N) is 1. The molecule has 1 aliphatic carbocycles. The highest BCUT2D eigenvalue weighted by atomic mass is 32.2. The van der Waals surface area contributed by atoms with Gasteiger partial charge in [0.1, 0.15) is 6.04 Å². The zero-order valence-corrected chi connectivity index (χ0v) is 23.9. The van der Waals surface area contributed by atoms with E-state index in [4.69, 9.17) is 5.84 Å². The van der Waals surface area contributed by atoms with Gasteiger partial charge in [-0.05, 0) is 61.1 Å². The SMILES string of the molecule is CN(C[C@@H]1CCCN[C@H]1C=NN)C(=O)C[C@H](NS(=O)(=O)c1ccc2ccccc2c1)C(=O)N(CCC(=O)O)C1CC1. The Morgan fingerprint density at radius 1 is 1.17 bits per heavy atom. The Labute approximate surface area is 240 Å². The summed E-state index contributed by atoms with van der Waals surface area (Å²) in [6.45, 7) is 1.11. The number of hydrogen-bond acceptors (Lipinski definition) is 8. The number of amides is 2. The first kappa shape index (κ1) is 30.4. The van der Waals surface area contributed by atoms with Gasteiger partial charge in [-0.25, -0.2) is 8.42 Å². The molecule has 1 heterocycles. The summed E-state index contributed by atoms with van der Waals surface area (Å²) in [7, 11) is -2.59. The van der Waals surface area contributed by atoms with Crippen molar-refractivity contribution >= 4 is 44.8 Å². The number of fused-ring (bicyclic) bond motifs is 1. The van der Waals surface area contributed by atoms with E-state index in [1.54, 1.807) is 31.5 Å². The molecule has 4 rings (SSSR count). The molecule has 2 fully saturated rings. The number of rotatable bonds is 13. The third kappa shape index (κ3) is 8.02. The van der Waals surface area contributed by atoms with E-state index in [9.17, 15) is 27.9 Å². The second kappa shape index (κ2) is 13.4. The fourth-order valence-corrected chi connectivity index (χ4v) is 6.50. The van der Waals surface area contributed by atoms with Gasteiger partial charge < -0.3 is 26.1 Å². The van der Waals surface area contributed by atoms with Crippen molar-refractivity contribution in [2.24, 2.45) is 16.9 Å². The Kier molecular flexibility index (Phi) is 9.94. The standard InChI is InChI=1S/C28H38N6O6S/c1-33(18-21-7-4-13-30-25(21)17-31-29)26(35)16-24(28(38)34(22-9-10-22)14-12-27(36)37)32-41(39,40)23-11-8-19-5-2-3-6-20(19)15-23/h2-3,5-6,8,11,15,17,21-22,24-25,30,32H,4,7,9-10,12-14,16,18,29H2,1H3,(H,36,37)/t21-,24-,25-/m0/s1. The Morgan fingerprint density at radius 3 is 2.59 bits per heavy atom. The highest BCUT2D eigenvalue weighted by Gasteiger charge is 2.39. The number of benzene rings is 2. The monoisotopic (exact) mass is 586 g/mol. The molecule has 0 bridgehead atoms. The summed E-state index contributed by atoms with van der Waals surface area (Å²) < 4.78 is 29.5. The Balaban J connectivity index is 1.56. The Bertz CT molecular complexity index is 1400. The van der Waals surface area contributed by atoms with Gasteiger partial charge in [0.15, 0.2) is 0 Å². The van der Waals surface area contributed by atoms with Gasteiger partial charge >= 0.3 is 5.97 Å². The second-order valence-corrected chi connectivity index (χ2v) is 12.5. The molecular formula is C28H38N6O6S. The van der Waals surface area contributed by atoms with Crippen molar-refractivity contribution < 1.29 is 27.9 Å². The number of sulfonamides is 1. The number of carboxylic acids is 1. The molecular weight excluding hydrogens is 548 g/mol. The summed E-state index contributed by atoms with van der Waals surface area (Å²) in [4.78, 5) is 41.3. The van der Waals surface area contributed by atoms with E-state index in [1.807, 2.05) is 12.1 Å². The third-order valence-corrected chi connectivity index (χ3v) is 9.13. The summed E-state index contributed by atoms with van der Waals surface area (Å²) in [6.07, 6.45) is 4.09. The quantitative estimate of drug-likeness (QED) is 0.153. The highest BCUT2D eigenvalue weighted by Crippen LogP contribution is 2.28. The average molecular weight is 587 g/mol. The maximum Gasteiger partial charge on any atom is 0.305 e. The molecule has 0 unspecified atom stereocenters. The normalized spacial score (nSPS) is 20.1. The van der Waals surface area contributed by atoms with Gasteiger partial charge in [-0.15, -0.1) is 0 Å². The number of carbonyl (C=O) groups is 3. The van der Waals surface area contributed by atoms with Crippen LogP contribution < -0.4 is 15.9 Å². The number of carboxylic acid groups (broad SMARTS) is 1. The van der Waals surface area contributed by atoms with Crippen LogP contribution in [-0.4, -0.2) is 92.1 Å². The summed E-state index contributed by atoms with van der Waals surface area (Å²) in [5.41, 5.74) is 0. The van der Waals surface area contributed by atoms with Crippen molar-refractivity contribution in [2.45, 2.75) is 61.5 Å². The van der Waals surface area contributed by atoms with Crippen molar-refractivity contribution in [3.63, 3.8) is 0 Å². The minimum atomic E-state index is -4.21. The number of nitrogens with zero attached hydrogens (tertiary/aromatic N) is 3. The van der Waals surface area contributed by atoms with Crippen LogP contribution in [0.3, 0.4) is 0 Å². The van der Waals surface area contributed by atoms with E-state index in [-0.39, 0.29) is 35.9 Å². The van der Waals surface area contributed by atoms with Gasteiger partial charge in [0.25, 0.3) is 0 Å². The van der Waals surface area contributed by atoms with Crippen LogP contribution in [0.5, 0.6) is 0 Å². The fourth-order valence-electron chi connectivity index (χ4n) is 5.28. The molecule has 12 nitrogen and oxygen atoms in total. The number of aliphatic carboxylic acids is 1. The largest absolute Gasteiger partial charge is 0.481 e. The molecule has 0 spiro atoms. The van der Waals surface area contributed by atoms with E-state index >= 15 is 0 Å². The summed E-state index contributed by atoms with van der Waals surface area (Å²) in [5, 5.41) is 17.7. The van der Waals surface area contributed by atoms with Crippen molar-refractivity contribution in [1.29, 1.82) is 0 Å². The predicted octanol–water partition coefficient (Wildman–Crippen LogP) is 1.11. The molecule has 222 valence electrons. The number of carbonyl (C=O) groups excluding carboxylic acids is 2. The molecule has 41 heavy (non-hydrogen) atoms. The van der Waals surface area contributed by atoms with Gasteiger partial charge in [-0.1, -0.05) is 30.3 Å². The number of nitrogens with one attached hydrogen (secondary N) is 2. The number of piperidine rings is 1. The predicted molar refractivity (Wildman–Crippen MR) is 154 cm³/mol. The van der Waals surface area contributed by atoms with E-state index in [2.05, 4.69) is 15.1 Å². The minimum absolute atomic E-state index is 0.0319. The molecule has 2 aromatic rings. The summed E-state index contributed by atoms with van der Waals surface area (Å²) in [6, 6.07) is 10.3. The maximum absolute atomic E-state index is 13.7. The molecule has 1 aliphatic heterocycles. The topological polar surface area (TPSA) is 174 Å². The highest BCUT2D eigenvalue weighted by molar-refractivity contribution is 7.89. The second-order valence-electron chi connectivity index (χ2n) is 10.7. The molecule has 3 atom stereocenters. The van der Waals surface area contributed by atoms with Crippen LogP contribution in [0, 0.1) is 5.92 Å². The van der Waals surface area contributed by atoms with Crippen molar-refractivity contribution in [1.82, 2.24) is 19.8 Å². The maximum atomic E-state index is 13.7. The zero-order valence-electron chi connectivity index (χ0n) is 23.1. The molecule has 2 aromatic carbocycles. The molecule has 13 heteroatoms. The van der Waals surface area contributed by atoms with Crippen molar-refractivity contribution in [2.75, 3.05) is 26.7 Å². The molecule has 2 amide bonds. The molecule has 5 N–H and O–H groups in total. The van der Waals surface area contributed by atoms with E-state index in [0.29, 0.717) is 24.8 Å². The lowest BCUT2D eigenvalue weighted by Crippen LogP contribution is -2.52. The van der Waals surface area contributed by atoms with Gasteiger partial charge in [-0.2, -0.15) is 9.82 Å². The van der Waals surface area contributed by atoms with E-state index < -0.39 is 40.3 Å². The van der Waals surface area contributed by atoms with Gasteiger partial charge in [0.05, 0.1) is 17.7 Å². The average Bonchev–Trinajstić information content (AvgIpc) is 3.78. The van der Waals surface area contributed by atoms with Crippen LogP contribution >= 0.6 is 0 Å². The van der Waals surface area contributed by atoms with Gasteiger partial charge in [-0.3, -0.25) is 14.4 Å². The van der Waals surface area contributed by atoms with E-state index in [0.717, 1.165) is 24.8 Å². The summed E-state index contributed by atoms with van der Waals surface area (Å²) in [5.74, 6) is 3.32. The van der Waals surface area contributed by atoms with Crippen molar-refractivity contribution in [3.8, 4) is 0 Å². The van der Waals surface area contributed by atoms with Crippen LogP contribution in [0.25, 0.3) is 10.8 Å². The van der Waals surface area contributed by atoms with Gasteiger partial charge in [0, 0.05) is 38.4 Å². The van der Waals surface area contributed by atoms with Crippen LogP contribution in [0.4, 0.5) is 0 Å². The van der Waals surface area contributed by atoms with Crippen LogP contribution in [0.15, 0.2) is 52.5 Å². The molecule has 1 saturated carbocycles. The zero-order chi connectivity index (χ0) is 29.6. The fraction of sp³-hybridized carbons (Fsp3) is 0.500. The third-order valence-electron chi connectivity index (χ3n) is 7.66. The lowest BCUT2D eigenvalue weighted by atomic mass is 9.91. The lowest BCUT2D eigenvalue weighted by Gasteiger charge is -2.33. The van der Waals surface area contributed by atoms with Crippen LogP contribution in [-0.2, 0) is 24.4 Å². The Hall–Kier alpha value is -3.55. The molecule has 0 radical (unpaired) electrons. The lowest BCUT2D eigenvalue weighted by molar-refractivity contribution is -0.141.